The molecule has 0 aliphatic carbocycles. The number of nitrogens with zero attached hydrogens (tertiary/aromatic N) is 1. The molecule has 1 aliphatic rings. The smallest absolute Gasteiger partial charge is 0.0590 e. The van der Waals surface area contributed by atoms with Crippen molar-refractivity contribution >= 4 is 0 Å². The first-order valence-corrected chi connectivity index (χ1v) is 6.20. The lowest BCUT2D eigenvalue weighted by molar-refractivity contribution is -0.0456. The molecule has 0 aromatic rings. The van der Waals surface area contributed by atoms with Crippen molar-refractivity contribution in [2.45, 2.75) is 38.3 Å². The van der Waals surface area contributed by atoms with Gasteiger partial charge in [0, 0.05) is 45.0 Å². The van der Waals surface area contributed by atoms with Crippen LogP contribution in [-0.4, -0.2) is 56.5 Å². The minimum absolute atomic E-state index is 0.116. The first-order valence-electron chi connectivity index (χ1n) is 6.20. The Labute approximate surface area is 99.1 Å². The van der Waals surface area contributed by atoms with Crippen molar-refractivity contribution in [1.82, 2.24) is 4.90 Å². The molecule has 0 unspecified atom stereocenters. The fraction of sp³-hybridized carbons (Fsp3) is 1.00. The summed E-state index contributed by atoms with van der Waals surface area (Å²) in [4.78, 5) is 2.49. The third kappa shape index (κ3) is 3.17. The van der Waals surface area contributed by atoms with Crippen molar-refractivity contribution < 1.29 is 9.47 Å². The molecule has 0 amide bonds. The van der Waals surface area contributed by atoms with E-state index in [0.29, 0.717) is 12.6 Å². The molecule has 1 saturated heterocycles. The zero-order valence-corrected chi connectivity index (χ0v) is 10.9. The van der Waals surface area contributed by atoms with E-state index in [4.69, 9.17) is 15.2 Å². The average molecular weight is 230 g/mol. The van der Waals surface area contributed by atoms with E-state index in [9.17, 15) is 0 Å². The maximum absolute atomic E-state index is 6.01. The summed E-state index contributed by atoms with van der Waals surface area (Å²) in [5.74, 6) is 0. The Morgan fingerprint density at radius 3 is 2.44 bits per heavy atom. The van der Waals surface area contributed by atoms with Gasteiger partial charge in [-0.15, -0.1) is 0 Å². The van der Waals surface area contributed by atoms with E-state index < -0.39 is 0 Å². The van der Waals surface area contributed by atoms with Gasteiger partial charge >= 0.3 is 0 Å². The minimum atomic E-state index is 0.116. The minimum Gasteiger partial charge on any atom is -0.383 e. The van der Waals surface area contributed by atoms with Crippen molar-refractivity contribution in [2.75, 3.05) is 40.0 Å². The molecule has 1 aliphatic heterocycles. The van der Waals surface area contributed by atoms with Crippen molar-refractivity contribution in [3.63, 3.8) is 0 Å². The molecule has 96 valence electrons. The second-order valence-corrected chi connectivity index (χ2v) is 4.82. The molecule has 4 nitrogen and oxygen atoms in total. The van der Waals surface area contributed by atoms with E-state index in [-0.39, 0.29) is 5.54 Å². The maximum atomic E-state index is 6.01. The Balaban J connectivity index is 2.70. The van der Waals surface area contributed by atoms with Crippen molar-refractivity contribution in [1.29, 1.82) is 0 Å². The van der Waals surface area contributed by atoms with Gasteiger partial charge in [-0.1, -0.05) is 0 Å². The molecule has 1 fully saturated rings. The lowest BCUT2D eigenvalue weighted by Gasteiger charge is -2.48. The molecule has 0 radical (unpaired) electrons. The summed E-state index contributed by atoms with van der Waals surface area (Å²) in [7, 11) is 1.75. The van der Waals surface area contributed by atoms with Crippen LogP contribution in [0.1, 0.15) is 26.7 Å². The maximum Gasteiger partial charge on any atom is 0.0590 e. The summed E-state index contributed by atoms with van der Waals surface area (Å²) in [5, 5.41) is 0. The van der Waals surface area contributed by atoms with Gasteiger partial charge in [-0.2, -0.15) is 0 Å². The summed E-state index contributed by atoms with van der Waals surface area (Å²) >= 11 is 0. The van der Waals surface area contributed by atoms with Crippen LogP contribution < -0.4 is 5.73 Å². The molecular formula is C12H26N2O2. The van der Waals surface area contributed by atoms with Gasteiger partial charge in [-0.05, 0) is 26.7 Å². The second-order valence-electron chi connectivity index (χ2n) is 4.82. The first-order chi connectivity index (χ1) is 7.66. The van der Waals surface area contributed by atoms with Crippen molar-refractivity contribution in [3.8, 4) is 0 Å². The van der Waals surface area contributed by atoms with Crippen molar-refractivity contribution in [3.05, 3.63) is 0 Å². The number of rotatable bonds is 6. The highest BCUT2D eigenvalue weighted by molar-refractivity contribution is 4.95. The molecule has 0 bridgehead atoms. The summed E-state index contributed by atoms with van der Waals surface area (Å²) in [6, 6.07) is 0.497. The average Bonchev–Trinajstić information content (AvgIpc) is 2.30. The summed E-state index contributed by atoms with van der Waals surface area (Å²) < 4.78 is 10.6. The number of nitrogens with two attached hydrogens (primary N) is 1. The molecule has 0 saturated carbocycles. The third-order valence-corrected chi connectivity index (χ3v) is 3.57. The van der Waals surface area contributed by atoms with Gasteiger partial charge in [0.05, 0.1) is 6.61 Å². The monoisotopic (exact) mass is 230 g/mol. The molecule has 1 rings (SSSR count). The van der Waals surface area contributed by atoms with Gasteiger partial charge in [-0.25, -0.2) is 0 Å². The third-order valence-electron chi connectivity index (χ3n) is 3.57. The van der Waals surface area contributed by atoms with E-state index in [0.717, 1.165) is 39.2 Å². The molecule has 2 N–H and O–H groups in total. The van der Waals surface area contributed by atoms with Crippen molar-refractivity contribution in [2.24, 2.45) is 5.73 Å². The van der Waals surface area contributed by atoms with E-state index >= 15 is 0 Å². The molecule has 16 heavy (non-hydrogen) atoms. The number of methoxy groups -OCH3 is 1. The Hall–Kier alpha value is -0.160. The van der Waals surface area contributed by atoms with Crippen LogP contribution >= 0.6 is 0 Å². The Morgan fingerprint density at radius 1 is 1.38 bits per heavy atom. The Kier molecular flexibility index (Phi) is 5.69. The van der Waals surface area contributed by atoms with Gasteiger partial charge in [0.15, 0.2) is 0 Å². The fourth-order valence-electron chi connectivity index (χ4n) is 2.59. The Bertz CT molecular complexity index is 191. The topological polar surface area (TPSA) is 47.7 Å². The van der Waals surface area contributed by atoms with Crippen LogP contribution in [0.5, 0.6) is 0 Å². The molecule has 1 heterocycles. The van der Waals surface area contributed by atoms with Crippen LogP contribution in [0.3, 0.4) is 0 Å². The molecular weight excluding hydrogens is 204 g/mol. The SMILES string of the molecule is COCCN(C(C)C)C1(CN)CCOCC1. The van der Waals surface area contributed by atoms with E-state index in [1.807, 2.05) is 0 Å². The molecule has 0 atom stereocenters. The van der Waals surface area contributed by atoms with Crippen LogP contribution in [0.25, 0.3) is 0 Å². The molecule has 0 aromatic carbocycles. The zero-order valence-electron chi connectivity index (χ0n) is 10.9. The zero-order chi connectivity index (χ0) is 12.0. The second kappa shape index (κ2) is 6.55. The van der Waals surface area contributed by atoms with Crippen LogP contribution in [0.15, 0.2) is 0 Å². The van der Waals surface area contributed by atoms with Crippen LogP contribution in [-0.2, 0) is 9.47 Å². The predicted octanol–water partition coefficient (Wildman–Crippen LogP) is 0.851. The highest BCUT2D eigenvalue weighted by Gasteiger charge is 2.38. The Morgan fingerprint density at radius 2 is 2.00 bits per heavy atom. The van der Waals surface area contributed by atoms with Gasteiger partial charge < -0.3 is 15.2 Å². The molecule has 4 heteroatoms. The standard InChI is InChI=1S/C12H26N2O2/c1-11(2)14(6-9-15-3)12(10-13)4-7-16-8-5-12/h11H,4-10,13H2,1-3H3. The van der Waals surface area contributed by atoms with E-state index in [1.54, 1.807) is 7.11 Å². The van der Waals surface area contributed by atoms with Crippen LogP contribution in [0.2, 0.25) is 0 Å². The number of hydrogen-bond acceptors (Lipinski definition) is 4. The molecule has 0 aromatic heterocycles. The van der Waals surface area contributed by atoms with Crippen LogP contribution in [0, 0.1) is 0 Å². The van der Waals surface area contributed by atoms with Crippen LogP contribution in [0.4, 0.5) is 0 Å². The van der Waals surface area contributed by atoms with Gasteiger partial charge in [0.25, 0.3) is 0 Å². The largest absolute Gasteiger partial charge is 0.383 e. The lowest BCUT2D eigenvalue weighted by atomic mass is 9.87. The normalized spacial score (nSPS) is 20.6. The molecule has 0 spiro atoms. The highest BCUT2D eigenvalue weighted by atomic mass is 16.5. The van der Waals surface area contributed by atoms with E-state index in [1.165, 1.54) is 0 Å². The first kappa shape index (κ1) is 13.9. The highest BCUT2D eigenvalue weighted by Crippen LogP contribution is 2.28. The summed E-state index contributed by atoms with van der Waals surface area (Å²) in [6.07, 6.45) is 2.07. The van der Waals surface area contributed by atoms with E-state index in [2.05, 4.69) is 18.7 Å². The number of hydrogen-bond donors (Lipinski definition) is 1. The lowest BCUT2D eigenvalue weighted by Crippen LogP contribution is -2.59. The number of ether oxygens (including phenoxy) is 2. The van der Waals surface area contributed by atoms with Gasteiger partial charge in [0.1, 0.15) is 0 Å². The van der Waals surface area contributed by atoms with Gasteiger partial charge in [-0.3, -0.25) is 4.90 Å². The predicted molar refractivity (Wildman–Crippen MR) is 65.6 cm³/mol. The quantitative estimate of drug-likeness (QED) is 0.735. The van der Waals surface area contributed by atoms with Gasteiger partial charge in [0.2, 0.25) is 0 Å². The summed E-state index contributed by atoms with van der Waals surface area (Å²) in [6.45, 7) is 8.52. The summed E-state index contributed by atoms with van der Waals surface area (Å²) in [5.41, 5.74) is 6.13. The fourth-order valence-corrected chi connectivity index (χ4v) is 2.59.